The average molecular weight is 296 g/mol. The Balaban J connectivity index is 2.91. The van der Waals surface area contributed by atoms with Crippen molar-refractivity contribution < 1.29 is 9.53 Å². The molecule has 7 heteroatoms. The second-order valence-electron chi connectivity index (χ2n) is 4.52. The highest BCUT2D eigenvalue weighted by Crippen LogP contribution is 2.14. The highest BCUT2D eigenvalue weighted by molar-refractivity contribution is 7.80. The van der Waals surface area contributed by atoms with Crippen molar-refractivity contribution in [1.82, 2.24) is 9.97 Å². The van der Waals surface area contributed by atoms with E-state index in [-0.39, 0.29) is 6.04 Å². The lowest BCUT2D eigenvalue weighted by molar-refractivity contribution is 0.0524. The van der Waals surface area contributed by atoms with Gasteiger partial charge in [0.25, 0.3) is 0 Å². The Kier molecular flexibility index (Phi) is 5.82. The van der Waals surface area contributed by atoms with E-state index in [1.807, 2.05) is 18.9 Å². The molecule has 2 N–H and O–H groups in total. The van der Waals surface area contributed by atoms with E-state index in [4.69, 9.17) is 22.7 Å². The molecule has 1 atom stereocenters. The van der Waals surface area contributed by atoms with Crippen molar-refractivity contribution >= 4 is 29.1 Å². The molecule has 0 aromatic carbocycles. The van der Waals surface area contributed by atoms with Gasteiger partial charge in [0, 0.05) is 25.7 Å². The minimum Gasteiger partial charge on any atom is -0.462 e. The molecular formula is C13H20N4O2S. The predicted octanol–water partition coefficient (Wildman–Crippen LogP) is 1.46. The van der Waals surface area contributed by atoms with E-state index in [1.165, 1.54) is 6.20 Å². The van der Waals surface area contributed by atoms with Gasteiger partial charge in [-0.1, -0.05) is 12.2 Å². The molecule has 0 saturated carbocycles. The first-order chi connectivity index (χ1) is 9.36. The fourth-order valence-electron chi connectivity index (χ4n) is 1.66. The number of carbonyl (C=O) groups excluding carboxylic acids is 1. The molecule has 0 saturated heterocycles. The van der Waals surface area contributed by atoms with Crippen LogP contribution in [-0.4, -0.2) is 40.6 Å². The van der Waals surface area contributed by atoms with Crippen LogP contribution in [-0.2, 0) is 4.74 Å². The van der Waals surface area contributed by atoms with Gasteiger partial charge in [-0.25, -0.2) is 14.8 Å². The van der Waals surface area contributed by atoms with Crippen molar-refractivity contribution in [1.29, 1.82) is 0 Å². The molecule has 1 aromatic rings. The highest BCUT2D eigenvalue weighted by Gasteiger charge is 2.17. The van der Waals surface area contributed by atoms with E-state index in [1.54, 1.807) is 13.8 Å². The van der Waals surface area contributed by atoms with Crippen molar-refractivity contribution in [2.24, 2.45) is 5.73 Å². The number of hydrogen-bond acceptors (Lipinski definition) is 6. The Morgan fingerprint density at radius 3 is 2.75 bits per heavy atom. The number of nitrogens with two attached hydrogens (primary N) is 1. The lowest BCUT2D eigenvalue weighted by Gasteiger charge is -2.24. The van der Waals surface area contributed by atoms with E-state index in [0.29, 0.717) is 35.2 Å². The molecule has 1 unspecified atom stereocenters. The molecule has 0 aliphatic carbocycles. The van der Waals surface area contributed by atoms with E-state index in [2.05, 4.69) is 9.97 Å². The molecule has 0 aliphatic rings. The summed E-state index contributed by atoms with van der Waals surface area (Å²) in [6, 6.07) is 0.0837. The van der Waals surface area contributed by atoms with Gasteiger partial charge in [0.15, 0.2) is 0 Å². The second kappa shape index (κ2) is 7.14. The van der Waals surface area contributed by atoms with Gasteiger partial charge in [-0.05, 0) is 20.8 Å². The lowest BCUT2D eigenvalue weighted by Crippen LogP contribution is -2.34. The topological polar surface area (TPSA) is 81.3 Å². The van der Waals surface area contributed by atoms with Gasteiger partial charge in [-0.15, -0.1) is 0 Å². The molecule has 1 rings (SSSR count). The molecule has 0 radical (unpaired) electrons. The van der Waals surface area contributed by atoms with Crippen molar-refractivity contribution in [3.05, 3.63) is 17.5 Å². The van der Waals surface area contributed by atoms with Crippen LogP contribution in [0.25, 0.3) is 0 Å². The first-order valence-electron chi connectivity index (χ1n) is 6.38. The maximum atomic E-state index is 11.7. The number of carbonyl (C=O) groups is 1. The Hall–Kier alpha value is -1.76. The van der Waals surface area contributed by atoms with Crippen molar-refractivity contribution in [2.45, 2.75) is 33.2 Å². The SMILES string of the molecule is CCOC(=O)c1cnc(N(C)C(C)CC(N)=S)nc1C. The third kappa shape index (κ3) is 4.12. The second-order valence-corrected chi connectivity index (χ2v) is 5.04. The molecule has 1 aromatic heterocycles. The molecule has 0 aliphatic heterocycles. The molecule has 0 fully saturated rings. The van der Waals surface area contributed by atoms with Crippen LogP contribution in [0.15, 0.2) is 6.20 Å². The van der Waals surface area contributed by atoms with Gasteiger partial charge in [0.1, 0.15) is 0 Å². The van der Waals surface area contributed by atoms with E-state index < -0.39 is 5.97 Å². The zero-order valence-electron chi connectivity index (χ0n) is 12.2. The highest BCUT2D eigenvalue weighted by atomic mass is 32.1. The molecule has 0 bridgehead atoms. The maximum Gasteiger partial charge on any atom is 0.341 e. The van der Waals surface area contributed by atoms with Crippen molar-refractivity contribution in [2.75, 3.05) is 18.6 Å². The first kappa shape index (κ1) is 16.3. The summed E-state index contributed by atoms with van der Waals surface area (Å²) in [7, 11) is 1.86. The van der Waals surface area contributed by atoms with E-state index in [9.17, 15) is 4.79 Å². The molecule has 20 heavy (non-hydrogen) atoms. The number of rotatable bonds is 6. The van der Waals surface area contributed by atoms with Crippen molar-refractivity contribution in [3.63, 3.8) is 0 Å². The Bertz CT molecular complexity index is 507. The lowest BCUT2D eigenvalue weighted by atomic mass is 10.2. The molecule has 0 amide bonds. The largest absolute Gasteiger partial charge is 0.462 e. The van der Waals surface area contributed by atoms with Crippen LogP contribution >= 0.6 is 12.2 Å². The van der Waals surface area contributed by atoms with Crippen LogP contribution in [0.4, 0.5) is 5.95 Å². The summed E-state index contributed by atoms with van der Waals surface area (Å²) in [6.45, 7) is 5.82. The van der Waals surface area contributed by atoms with Crippen LogP contribution in [0, 0.1) is 6.92 Å². The van der Waals surface area contributed by atoms with Gasteiger partial charge in [-0.2, -0.15) is 0 Å². The summed E-state index contributed by atoms with van der Waals surface area (Å²) in [6.07, 6.45) is 2.06. The number of anilines is 1. The van der Waals surface area contributed by atoms with Crippen LogP contribution in [0.2, 0.25) is 0 Å². The zero-order valence-corrected chi connectivity index (χ0v) is 13.0. The minimum absolute atomic E-state index is 0.0837. The third-order valence-electron chi connectivity index (χ3n) is 2.94. The Labute approximate surface area is 124 Å². The summed E-state index contributed by atoms with van der Waals surface area (Å²) >= 11 is 4.90. The quantitative estimate of drug-likeness (QED) is 0.628. The maximum absolute atomic E-state index is 11.7. The molecule has 0 spiro atoms. The molecule has 6 nitrogen and oxygen atoms in total. The van der Waals surface area contributed by atoms with Gasteiger partial charge in [0.2, 0.25) is 5.95 Å². The summed E-state index contributed by atoms with van der Waals surface area (Å²) in [4.78, 5) is 22.5. The number of aromatic nitrogens is 2. The number of hydrogen-bond donors (Lipinski definition) is 1. The molecular weight excluding hydrogens is 276 g/mol. The summed E-state index contributed by atoms with van der Waals surface area (Å²) in [5.74, 6) is 0.120. The van der Waals surface area contributed by atoms with Crippen molar-refractivity contribution in [3.8, 4) is 0 Å². The van der Waals surface area contributed by atoms with Crippen LogP contribution in [0.1, 0.15) is 36.3 Å². The molecule has 110 valence electrons. The predicted molar refractivity (Wildman–Crippen MR) is 82.0 cm³/mol. The van der Waals surface area contributed by atoms with E-state index in [0.717, 1.165) is 0 Å². The first-order valence-corrected chi connectivity index (χ1v) is 6.79. The number of thiocarbonyl (C=S) groups is 1. The normalized spacial score (nSPS) is 11.8. The zero-order chi connectivity index (χ0) is 15.3. The van der Waals surface area contributed by atoms with Gasteiger partial charge in [0.05, 0.1) is 22.9 Å². The molecule has 1 heterocycles. The van der Waals surface area contributed by atoms with Gasteiger partial charge >= 0.3 is 5.97 Å². The number of aryl methyl sites for hydroxylation is 1. The van der Waals surface area contributed by atoms with Crippen LogP contribution in [0.3, 0.4) is 0 Å². The number of esters is 1. The Morgan fingerprint density at radius 2 is 2.25 bits per heavy atom. The monoisotopic (exact) mass is 296 g/mol. The number of ether oxygens (including phenoxy) is 1. The van der Waals surface area contributed by atoms with Crippen LogP contribution < -0.4 is 10.6 Å². The summed E-state index contributed by atoms with van der Waals surface area (Å²) in [5.41, 5.74) is 6.51. The average Bonchev–Trinajstić information content (AvgIpc) is 2.37. The fraction of sp³-hybridized carbons (Fsp3) is 0.538. The third-order valence-corrected chi connectivity index (χ3v) is 3.10. The summed E-state index contributed by atoms with van der Waals surface area (Å²) in [5, 5.41) is 0. The fourth-order valence-corrected chi connectivity index (χ4v) is 1.90. The van der Waals surface area contributed by atoms with Crippen LogP contribution in [0.5, 0.6) is 0 Å². The van der Waals surface area contributed by atoms with Gasteiger partial charge in [-0.3, -0.25) is 0 Å². The Morgan fingerprint density at radius 1 is 1.60 bits per heavy atom. The minimum atomic E-state index is -0.407. The summed E-state index contributed by atoms with van der Waals surface area (Å²) < 4.78 is 4.94. The van der Waals surface area contributed by atoms with Gasteiger partial charge < -0.3 is 15.4 Å². The number of nitrogens with zero attached hydrogens (tertiary/aromatic N) is 3. The smallest absolute Gasteiger partial charge is 0.341 e. The standard InChI is InChI=1S/C13H20N4O2S/c1-5-19-12(18)10-7-15-13(16-9(10)3)17(4)8(2)6-11(14)20/h7-8H,5-6H2,1-4H3,(H2,14,20). The van der Waals surface area contributed by atoms with E-state index >= 15 is 0 Å².